The molecule has 1 N–H and O–H groups in total. The smallest absolute Gasteiger partial charge is 0.256 e. The number of carbonyl (C=O) groups excluding carboxylic acids is 1. The second-order valence-electron chi connectivity index (χ2n) is 5.48. The molecule has 0 spiro atoms. The van der Waals surface area contributed by atoms with Crippen LogP contribution in [0.5, 0.6) is 0 Å². The van der Waals surface area contributed by atoms with Crippen LogP contribution in [-0.4, -0.2) is 15.7 Å². The minimum Gasteiger partial charge on any atom is -0.306 e. The first-order valence-corrected chi connectivity index (χ1v) is 8.69. The van der Waals surface area contributed by atoms with Crippen molar-refractivity contribution < 1.29 is 9.18 Å². The Balaban J connectivity index is 1.73. The fourth-order valence-corrected chi connectivity index (χ4v) is 3.74. The molecule has 4 rings (SSSR count). The quantitative estimate of drug-likeness (QED) is 0.784. The van der Waals surface area contributed by atoms with Crippen molar-refractivity contribution in [2.45, 2.75) is 11.5 Å². The SMILES string of the molecule is O=C(Nc1c2c(nn1-c1ccccc1)CSC2)c1cccc(F)c1. The van der Waals surface area contributed by atoms with Gasteiger partial charge in [0.05, 0.1) is 11.4 Å². The number of nitrogens with zero attached hydrogens (tertiary/aromatic N) is 2. The number of halogens is 1. The molecule has 2 aromatic carbocycles. The molecule has 2 heterocycles. The number of nitrogens with one attached hydrogen (secondary N) is 1. The summed E-state index contributed by atoms with van der Waals surface area (Å²) in [6.45, 7) is 0. The summed E-state index contributed by atoms with van der Waals surface area (Å²) in [5.74, 6) is 1.53. The highest BCUT2D eigenvalue weighted by molar-refractivity contribution is 7.98. The Morgan fingerprint density at radius 1 is 1.12 bits per heavy atom. The maximum atomic E-state index is 13.4. The molecule has 1 aliphatic rings. The lowest BCUT2D eigenvalue weighted by atomic mass is 10.2. The molecule has 3 aromatic rings. The fourth-order valence-electron chi connectivity index (χ4n) is 2.71. The van der Waals surface area contributed by atoms with E-state index >= 15 is 0 Å². The highest BCUT2D eigenvalue weighted by Gasteiger charge is 2.25. The summed E-state index contributed by atoms with van der Waals surface area (Å²) in [5.41, 5.74) is 3.19. The molecule has 0 radical (unpaired) electrons. The van der Waals surface area contributed by atoms with Gasteiger partial charge in [0.15, 0.2) is 0 Å². The first-order chi connectivity index (χ1) is 11.7. The average Bonchev–Trinajstić information content (AvgIpc) is 3.18. The van der Waals surface area contributed by atoms with Gasteiger partial charge in [0, 0.05) is 22.6 Å². The molecular formula is C18H14FN3OS. The van der Waals surface area contributed by atoms with Crippen LogP contribution in [0, 0.1) is 5.82 Å². The Kier molecular flexibility index (Phi) is 3.82. The predicted octanol–water partition coefficient (Wildman–Crippen LogP) is 4.01. The standard InChI is InChI=1S/C18H14FN3OS/c19-13-6-4-5-12(9-13)18(23)20-17-15-10-24-11-16(15)21-22(17)14-7-2-1-3-8-14/h1-9H,10-11H2,(H,20,23). The summed E-state index contributed by atoms with van der Waals surface area (Å²) in [6, 6.07) is 15.3. The van der Waals surface area contributed by atoms with Gasteiger partial charge in [-0.25, -0.2) is 9.07 Å². The van der Waals surface area contributed by atoms with E-state index in [1.165, 1.54) is 18.2 Å². The molecule has 1 aliphatic heterocycles. The molecule has 0 bridgehead atoms. The average molecular weight is 339 g/mol. The van der Waals surface area contributed by atoms with Gasteiger partial charge in [-0.05, 0) is 30.3 Å². The molecule has 0 saturated heterocycles. The number of amides is 1. The number of carbonyl (C=O) groups is 1. The largest absolute Gasteiger partial charge is 0.306 e. The first-order valence-electron chi connectivity index (χ1n) is 7.53. The molecule has 1 aromatic heterocycles. The second kappa shape index (κ2) is 6.13. The summed E-state index contributed by atoms with van der Waals surface area (Å²) in [7, 11) is 0. The predicted molar refractivity (Wildman–Crippen MR) is 92.9 cm³/mol. The third-order valence-electron chi connectivity index (χ3n) is 3.87. The van der Waals surface area contributed by atoms with Crippen molar-refractivity contribution in [3.05, 3.63) is 77.2 Å². The third kappa shape index (κ3) is 2.69. The van der Waals surface area contributed by atoms with Crippen LogP contribution in [0.1, 0.15) is 21.6 Å². The van der Waals surface area contributed by atoms with Crippen LogP contribution < -0.4 is 5.32 Å². The van der Waals surface area contributed by atoms with Gasteiger partial charge < -0.3 is 5.32 Å². The zero-order valence-electron chi connectivity index (χ0n) is 12.7. The van der Waals surface area contributed by atoms with E-state index in [-0.39, 0.29) is 11.5 Å². The summed E-state index contributed by atoms with van der Waals surface area (Å²) in [4.78, 5) is 12.5. The van der Waals surface area contributed by atoms with E-state index in [1.54, 1.807) is 22.5 Å². The molecule has 0 saturated carbocycles. The van der Waals surface area contributed by atoms with Crippen LogP contribution in [0.4, 0.5) is 10.2 Å². The van der Waals surface area contributed by atoms with E-state index < -0.39 is 5.82 Å². The second-order valence-corrected chi connectivity index (χ2v) is 6.46. The molecule has 1 amide bonds. The molecule has 0 atom stereocenters. The number of hydrogen-bond acceptors (Lipinski definition) is 3. The Morgan fingerprint density at radius 2 is 1.96 bits per heavy atom. The number of benzene rings is 2. The molecule has 0 unspecified atom stereocenters. The number of anilines is 1. The van der Waals surface area contributed by atoms with Crippen molar-refractivity contribution in [1.29, 1.82) is 0 Å². The Hall–Kier alpha value is -2.60. The minimum absolute atomic E-state index is 0.287. The van der Waals surface area contributed by atoms with Crippen LogP contribution in [0.15, 0.2) is 54.6 Å². The monoisotopic (exact) mass is 339 g/mol. The third-order valence-corrected chi connectivity index (χ3v) is 4.84. The maximum absolute atomic E-state index is 13.4. The van der Waals surface area contributed by atoms with Gasteiger partial charge in [0.1, 0.15) is 11.6 Å². The van der Waals surface area contributed by atoms with Crippen molar-refractivity contribution in [1.82, 2.24) is 9.78 Å². The summed E-state index contributed by atoms with van der Waals surface area (Å²) in [6.07, 6.45) is 0. The number of thioether (sulfide) groups is 1. The van der Waals surface area contributed by atoms with Crippen LogP contribution >= 0.6 is 11.8 Å². The molecule has 120 valence electrons. The molecular weight excluding hydrogens is 325 g/mol. The minimum atomic E-state index is -0.431. The Bertz CT molecular complexity index is 908. The van der Waals surface area contributed by atoms with E-state index in [0.29, 0.717) is 5.82 Å². The lowest BCUT2D eigenvalue weighted by Gasteiger charge is -2.11. The van der Waals surface area contributed by atoms with Gasteiger partial charge >= 0.3 is 0 Å². The van der Waals surface area contributed by atoms with E-state index in [2.05, 4.69) is 10.4 Å². The number of fused-ring (bicyclic) bond motifs is 1. The lowest BCUT2D eigenvalue weighted by molar-refractivity contribution is 0.102. The zero-order chi connectivity index (χ0) is 16.5. The Morgan fingerprint density at radius 3 is 2.75 bits per heavy atom. The van der Waals surface area contributed by atoms with Crippen LogP contribution in [-0.2, 0) is 11.5 Å². The van der Waals surface area contributed by atoms with Gasteiger partial charge in [-0.1, -0.05) is 24.3 Å². The first kappa shape index (κ1) is 15.0. The van der Waals surface area contributed by atoms with E-state index in [1.807, 2.05) is 30.3 Å². The highest BCUT2D eigenvalue weighted by Crippen LogP contribution is 2.36. The van der Waals surface area contributed by atoms with Gasteiger partial charge in [-0.2, -0.15) is 16.9 Å². The molecule has 0 fully saturated rings. The van der Waals surface area contributed by atoms with E-state index in [4.69, 9.17) is 0 Å². The van der Waals surface area contributed by atoms with E-state index in [0.717, 1.165) is 28.5 Å². The Labute approximate surface area is 142 Å². The summed E-state index contributed by atoms with van der Waals surface area (Å²) in [5, 5.41) is 7.55. The van der Waals surface area contributed by atoms with Crippen molar-refractivity contribution in [3.8, 4) is 5.69 Å². The van der Waals surface area contributed by atoms with Gasteiger partial charge in [0.2, 0.25) is 0 Å². The highest BCUT2D eigenvalue weighted by atomic mass is 32.2. The van der Waals surface area contributed by atoms with Crippen molar-refractivity contribution >= 4 is 23.5 Å². The van der Waals surface area contributed by atoms with Crippen LogP contribution in [0.3, 0.4) is 0 Å². The number of rotatable bonds is 3. The van der Waals surface area contributed by atoms with Gasteiger partial charge in [-0.15, -0.1) is 0 Å². The van der Waals surface area contributed by atoms with Crippen LogP contribution in [0.2, 0.25) is 0 Å². The van der Waals surface area contributed by atoms with Crippen molar-refractivity contribution in [3.63, 3.8) is 0 Å². The molecule has 6 heteroatoms. The maximum Gasteiger partial charge on any atom is 0.256 e. The lowest BCUT2D eigenvalue weighted by Crippen LogP contribution is -2.16. The normalized spacial score (nSPS) is 12.9. The topological polar surface area (TPSA) is 46.9 Å². The summed E-state index contributed by atoms with van der Waals surface area (Å²) < 4.78 is 15.1. The van der Waals surface area contributed by atoms with E-state index in [9.17, 15) is 9.18 Å². The van der Waals surface area contributed by atoms with Crippen LogP contribution in [0.25, 0.3) is 5.69 Å². The zero-order valence-corrected chi connectivity index (χ0v) is 13.5. The molecule has 0 aliphatic carbocycles. The fraction of sp³-hybridized carbons (Fsp3) is 0.111. The van der Waals surface area contributed by atoms with Crippen molar-refractivity contribution in [2.75, 3.05) is 5.32 Å². The summed E-state index contributed by atoms with van der Waals surface area (Å²) >= 11 is 1.77. The number of aromatic nitrogens is 2. The number of hydrogen-bond donors (Lipinski definition) is 1. The number of para-hydroxylation sites is 1. The van der Waals surface area contributed by atoms with Crippen molar-refractivity contribution in [2.24, 2.45) is 0 Å². The van der Waals surface area contributed by atoms with Gasteiger partial charge in [0.25, 0.3) is 5.91 Å². The van der Waals surface area contributed by atoms with Gasteiger partial charge in [-0.3, -0.25) is 4.79 Å². The molecule has 24 heavy (non-hydrogen) atoms. The molecule has 4 nitrogen and oxygen atoms in total.